The molecule has 0 N–H and O–H groups in total. The Bertz CT molecular complexity index is 1720. The summed E-state index contributed by atoms with van der Waals surface area (Å²) in [6.07, 6.45) is 4.89. The van der Waals surface area contributed by atoms with Crippen molar-refractivity contribution in [2.24, 2.45) is 0 Å². The summed E-state index contributed by atoms with van der Waals surface area (Å²) in [5.74, 6) is -0.0496. The quantitative estimate of drug-likeness (QED) is 0.208. The molecular formula is C41H32O. The summed E-state index contributed by atoms with van der Waals surface area (Å²) in [5.41, 5.74) is 12.6. The Morgan fingerprint density at radius 3 is 1.19 bits per heavy atom. The lowest BCUT2D eigenvalue weighted by Crippen LogP contribution is -2.38. The summed E-state index contributed by atoms with van der Waals surface area (Å²) in [5, 5.41) is 0. The molecule has 0 aliphatic heterocycles. The van der Waals surface area contributed by atoms with Crippen LogP contribution >= 0.6 is 0 Å². The molecular weight excluding hydrogens is 508 g/mol. The van der Waals surface area contributed by atoms with Gasteiger partial charge in [0.1, 0.15) is 0 Å². The molecule has 0 heterocycles. The number of ketones is 1. The zero-order valence-corrected chi connectivity index (χ0v) is 23.7. The lowest BCUT2D eigenvalue weighted by molar-refractivity contribution is -0.121. The van der Waals surface area contributed by atoms with Gasteiger partial charge in [0.15, 0.2) is 5.78 Å². The number of hydrogen-bond donors (Lipinski definition) is 0. The number of benzene rings is 5. The number of Topliss-reactive ketones (excluding diaryl/α,β-unsaturated/α-hetero) is 1. The van der Waals surface area contributed by atoms with Crippen LogP contribution in [0.3, 0.4) is 0 Å². The fraction of sp³-hybridized carbons (Fsp3) is 0.146. The van der Waals surface area contributed by atoms with Crippen molar-refractivity contribution in [2.75, 3.05) is 0 Å². The third-order valence-electron chi connectivity index (χ3n) is 9.55. The second-order valence-corrected chi connectivity index (χ2v) is 12.0. The van der Waals surface area contributed by atoms with Crippen LogP contribution in [-0.4, -0.2) is 5.78 Å². The lowest BCUT2D eigenvalue weighted by atomic mass is 9.54. The number of hydrogen-bond acceptors (Lipinski definition) is 1. The van der Waals surface area contributed by atoms with E-state index < -0.39 is 0 Å². The van der Waals surface area contributed by atoms with Gasteiger partial charge in [-0.05, 0) is 57.0 Å². The summed E-state index contributed by atoms with van der Waals surface area (Å²) >= 11 is 0. The van der Waals surface area contributed by atoms with E-state index in [-0.39, 0.29) is 35.4 Å². The first-order chi connectivity index (χ1) is 20.7. The summed E-state index contributed by atoms with van der Waals surface area (Å²) < 4.78 is 0. The zero-order chi connectivity index (χ0) is 28.2. The Morgan fingerprint density at radius 1 is 0.452 bits per heavy atom. The van der Waals surface area contributed by atoms with Gasteiger partial charge < -0.3 is 0 Å². The van der Waals surface area contributed by atoms with E-state index in [0.717, 1.165) is 11.1 Å². The van der Waals surface area contributed by atoms with Gasteiger partial charge in [-0.3, -0.25) is 4.79 Å². The molecule has 0 radical (unpaired) electrons. The summed E-state index contributed by atoms with van der Waals surface area (Å²) in [6.45, 7) is 2.23. The van der Waals surface area contributed by atoms with Gasteiger partial charge in [0.05, 0.1) is 11.8 Å². The van der Waals surface area contributed by atoms with Crippen LogP contribution in [0.15, 0.2) is 157 Å². The molecule has 8 rings (SSSR count). The van der Waals surface area contributed by atoms with E-state index in [4.69, 9.17) is 0 Å². The predicted octanol–water partition coefficient (Wildman–Crippen LogP) is 9.37. The van der Waals surface area contributed by atoms with Crippen LogP contribution in [0.1, 0.15) is 74.1 Å². The Hall–Kier alpha value is -4.75. The van der Waals surface area contributed by atoms with Gasteiger partial charge >= 0.3 is 0 Å². The van der Waals surface area contributed by atoms with Gasteiger partial charge in [-0.2, -0.15) is 0 Å². The minimum Gasteiger partial charge on any atom is -0.298 e. The standard InChI is InChI=1S/C41H32O/c1-26-22-33-31(27-14-6-2-7-15-27)24-35-37(29-18-10-4-11-19-29)41(42)38(30-20-12-5-13-21-30)36-25-32(28-16-8-3-9-17-28)34(23-26)39(33)40(35)36/h2-25,31-32,37-38,40H,1H3. The van der Waals surface area contributed by atoms with Crippen molar-refractivity contribution >= 4 is 5.78 Å². The fourth-order valence-corrected chi connectivity index (χ4v) is 7.88. The molecule has 0 amide bonds. The smallest absolute Gasteiger partial charge is 0.155 e. The predicted molar refractivity (Wildman–Crippen MR) is 170 cm³/mol. The zero-order valence-electron chi connectivity index (χ0n) is 23.7. The molecule has 5 aromatic rings. The molecule has 0 spiro atoms. The molecule has 1 saturated carbocycles. The van der Waals surface area contributed by atoms with E-state index in [9.17, 15) is 4.79 Å². The highest BCUT2D eigenvalue weighted by molar-refractivity contribution is 6.00. The van der Waals surface area contributed by atoms with Gasteiger partial charge in [-0.25, -0.2) is 0 Å². The van der Waals surface area contributed by atoms with Crippen molar-refractivity contribution in [2.45, 2.75) is 36.5 Å². The SMILES string of the molecule is Cc1cc2c3c(c1)C(c1ccccc1)C=C1C(c4ccccc4)C(=O)C(c4ccccc4)C(=CC2c2ccccc2)C13. The summed E-state index contributed by atoms with van der Waals surface area (Å²) in [4.78, 5) is 14.9. The largest absolute Gasteiger partial charge is 0.298 e. The Kier molecular flexibility index (Phi) is 5.93. The minimum atomic E-state index is -0.291. The van der Waals surface area contributed by atoms with Gasteiger partial charge in [-0.1, -0.05) is 151 Å². The summed E-state index contributed by atoms with van der Waals surface area (Å²) in [6, 6.07) is 47.4. The van der Waals surface area contributed by atoms with Crippen molar-refractivity contribution < 1.29 is 4.79 Å². The summed E-state index contributed by atoms with van der Waals surface area (Å²) in [7, 11) is 0. The van der Waals surface area contributed by atoms with Gasteiger partial charge in [0.25, 0.3) is 0 Å². The molecule has 3 aliphatic carbocycles. The molecule has 1 fully saturated rings. The first-order valence-corrected chi connectivity index (χ1v) is 15.0. The number of carbonyl (C=O) groups excluding carboxylic acids is 1. The molecule has 3 aliphatic rings. The molecule has 202 valence electrons. The fourth-order valence-electron chi connectivity index (χ4n) is 7.88. The van der Waals surface area contributed by atoms with Crippen molar-refractivity contribution in [1.82, 2.24) is 0 Å². The van der Waals surface area contributed by atoms with Crippen LogP contribution in [0.25, 0.3) is 0 Å². The number of carbonyl (C=O) groups is 1. The molecule has 1 heteroatoms. The van der Waals surface area contributed by atoms with Crippen LogP contribution in [0.5, 0.6) is 0 Å². The first-order valence-electron chi connectivity index (χ1n) is 15.0. The molecule has 4 atom stereocenters. The molecule has 5 aromatic carbocycles. The first kappa shape index (κ1) is 25.0. The third kappa shape index (κ3) is 3.88. The maximum Gasteiger partial charge on any atom is 0.155 e. The number of allylic oxidation sites excluding steroid dienone is 4. The molecule has 1 nitrogen and oxygen atoms in total. The molecule has 42 heavy (non-hydrogen) atoms. The highest BCUT2D eigenvalue weighted by atomic mass is 16.1. The van der Waals surface area contributed by atoms with Crippen LogP contribution in [0.4, 0.5) is 0 Å². The van der Waals surface area contributed by atoms with E-state index >= 15 is 0 Å². The topological polar surface area (TPSA) is 17.1 Å². The van der Waals surface area contributed by atoms with Crippen LogP contribution < -0.4 is 0 Å². The van der Waals surface area contributed by atoms with Gasteiger partial charge in [0.2, 0.25) is 0 Å². The maximum absolute atomic E-state index is 14.9. The van der Waals surface area contributed by atoms with Crippen LogP contribution in [0, 0.1) is 6.92 Å². The molecule has 0 bridgehead atoms. The molecule has 4 unspecified atom stereocenters. The maximum atomic E-state index is 14.9. The second-order valence-electron chi connectivity index (χ2n) is 12.0. The molecule has 0 saturated heterocycles. The van der Waals surface area contributed by atoms with Crippen LogP contribution in [-0.2, 0) is 4.79 Å². The molecule has 0 aromatic heterocycles. The van der Waals surface area contributed by atoms with Gasteiger partial charge in [0, 0.05) is 17.8 Å². The van der Waals surface area contributed by atoms with E-state index in [1.807, 2.05) is 12.1 Å². The minimum absolute atomic E-state index is 0.0728. The average molecular weight is 541 g/mol. The van der Waals surface area contributed by atoms with Gasteiger partial charge in [-0.15, -0.1) is 0 Å². The van der Waals surface area contributed by atoms with Crippen molar-refractivity contribution in [3.8, 4) is 0 Å². The Morgan fingerprint density at radius 2 is 0.810 bits per heavy atom. The monoisotopic (exact) mass is 540 g/mol. The normalized spacial score (nSPS) is 23.9. The number of rotatable bonds is 4. The Labute approximate surface area is 247 Å². The van der Waals surface area contributed by atoms with Crippen molar-refractivity contribution in [3.63, 3.8) is 0 Å². The van der Waals surface area contributed by atoms with Crippen LogP contribution in [0.2, 0.25) is 0 Å². The van der Waals surface area contributed by atoms with Crippen molar-refractivity contribution in [1.29, 1.82) is 0 Å². The van der Waals surface area contributed by atoms with E-state index in [1.165, 1.54) is 44.5 Å². The van der Waals surface area contributed by atoms with E-state index in [1.54, 1.807) is 0 Å². The van der Waals surface area contributed by atoms with E-state index in [2.05, 4.69) is 140 Å². The highest BCUT2D eigenvalue weighted by Crippen LogP contribution is 2.61. The highest BCUT2D eigenvalue weighted by Gasteiger charge is 2.50. The third-order valence-corrected chi connectivity index (χ3v) is 9.55. The second kappa shape index (κ2) is 9.96. The van der Waals surface area contributed by atoms with E-state index in [0.29, 0.717) is 0 Å². The Balaban J connectivity index is 1.46. The number of aryl methyl sites for hydroxylation is 1. The van der Waals surface area contributed by atoms with Crippen molar-refractivity contribution in [3.05, 3.63) is 201 Å². The lowest BCUT2D eigenvalue weighted by Gasteiger charge is -2.47. The average Bonchev–Trinajstić information content (AvgIpc) is 3.04.